The lowest BCUT2D eigenvalue weighted by Gasteiger charge is -2.36. The number of carbonyl (C=O) groups is 2. The standard InChI is InChI=1S/C19H29N3O5S2/c1-3-22-15(17(23)20-9-5-12-27-2)14-19(18(22)24)7-10-21(11-8-19)29(25,26)16-6-4-13-28-16/h4,6,13,15H,3,5,7-12,14H2,1-2H3,(H,20,23). The first-order valence-electron chi connectivity index (χ1n) is 9.97. The summed E-state index contributed by atoms with van der Waals surface area (Å²) in [5.41, 5.74) is -0.647. The molecule has 0 bridgehead atoms. The summed E-state index contributed by atoms with van der Waals surface area (Å²) < 4.78 is 32.3. The molecule has 2 fully saturated rings. The molecule has 1 spiro atoms. The van der Waals surface area contributed by atoms with Crippen LogP contribution in [0.2, 0.25) is 0 Å². The van der Waals surface area contributed by atoms with Gasteiger partial charge in [-0.3, -0.25) is 9.59 Å². The zero-order valence-corrected chi connectivity index (χ0v) is 18.6. The van der Waals surface area contributed by atoms with E-state index in [0.717, 1.165) is 6.42 Å². The number of hydrogen-bond donors (Lipinski definition) is 1. The number of hydrogen-bond acceptors (Lipinski definition) is 6. The molecule has 8 nitrogen and oxygen atoms in total. The summed E-state index contributed by atoms with van der Waals surface area (Å²) in [6.45, 7) is 4.01. The van der Waals surface area contributed by atoms with Crippen LogP contribution in [0.1, 0.15) is 32.6 Å². The van der Waals surface area contributed by atoms with Crippen LogP contribution in [0.3, 0.4) is 0 Å². The summed E-state index contributed by atoms with van der Waals surface area (Å²) in [5, 5.41) is 4.64. The second-order valence-electron chi connectivity index (χ2n) is 7.56. The number of rotatable bonds is 8. The van der Waals surface area contributed by atoms with E-state index in [4.69, 9.17) is 4.74 Å². The summed E-state index contributed by atoms with van der Waals surface area (Å²) in [7, 11) is -1.90. The lowest BCUT2D eigenvalue weighted by Crippen LogP contribution is -2.47. The Balaban J connectivity index is 1.66. The summed E-state index contributed by atoms with van der Waals surface area (Å²) in [4.78, 5) is 27.5. The number of amides is 2. The molecular formula is C19H29N3O5S2. The maximum atomic E-state index is 13.1. The molecule has 1 N–H and O–H groups in total. The number of sulfonamides is 1. The van der Waals surface area contributed by atoms with Crippen LogP contribution in [0.5, 0.6) is 0 Å². The smallest absolute Gasteiger partial charge is 0.252 e. The van der Waals surface area contributed by atoms with Crippen molar-refractivity contribution in [3.8, 4) is 0 Å². The SMILES string of the molecule is CCN1C(=O)C2(CCN(S(=O)(=O)c3cccs3)CC2)CC1C(=O)NCCCOC. The first-order chi connectivity index (χ1) is 13.9. The van der Waals surface area contributed by atoms with E-state index in [-0.39, 0.29) is 11.8 Å². The second-order valence-corrected chi connectivity index (χ2v) is 10.7. The number of piperidine rings is 1. The Labute approximate surface area is 176 Å². The van der Waals surface area contributed by atoms with Crippen molar-refractivity contribution in [3.05, 3.63) is 17.5 Å². The molecule has 2 aliphatic heterocycles. The topological polar surface area (TPSA) is 96.0 Å². The van der Waals surface area contributed by atoms with Crippen molar-refractivity contribution < 1.29 is 22.7 Å². The van der Waals surface area contributed by atoms with Crippen molar-refractivity contribution in [1.29, 1.82) is 0 Å². The summed E-state index contributed by atoms with van der Waals surface area (Å²) in [5.74, 6) is -0.160. The van der Waals surface area contributed by atoms with E-state index in [2.05, 4.69) is 5.32 Å². The average molecular weight is 444 g/mol. The lowest BCUT2D eigenvalue weighted by atomic mass is 9.76. The van der Waals surface area contributed by atoms with Gasteiger partial charge in [0.25, 0.3) is 10.0 Å². The van der Waals surface area contributed by atoms with Gasteiger partial charge >= 0.3 is 0 Å². The molecule has 10 heteroatoms. The van der Waals surface area contributed by atoms with Crippen molar-refractivity contribution in [2.75, 3.05) is 39.9 Å². The molecule has 0 saturated carbocycles. The number of nitrogens with one attached hydrogen (secondary N) is 1. The van der Waals surface area contributed by atoms with Crippen LogP contribution in [0, 0.1) is 5.41 Å². The van der Waals surface area contributed by atoms with Crippen LogP contribution in [-0.4, -0.2) is 75.4 Å². The van der Waals surface area contributed by atoms with Gasteiger partial charge < -0.3 is 15.0 Å². The maximum Gasteiger partial charge on any atom is 0.252 e. The molecule has 1 atom stereocenters. The van der Waals surface area contributed by atoms with Gasteiger partial charge in [0.05, 0.1) is 5.41 Å². The third kappa shape index (κ3) is 4.35. The molecule has 162 valence electrons. The Bertz CT molecular complexity index is 817. The third-order valence-electron chi connectivity index (χ3n) is 5.91. The van der Waals surface area contributed by atoms with E-state index < -0.39 is 21.5 Å². The Hall–Kier alpha value is -1.49. The van der Waals surface area contributed by atoms with Gasteiger partial charge in [0.2, 0.25) is 11.8 Å². The zero-order chi connectivity index (χ0) is 21.1. The monoisotopic (exact) mass is 443 g/mol. The van der Waals surface area contributed by atoms with E-state index in [0.29, 0.717) is 56.3 Å². The van der Waals surface area contributed by atoms with Crippen molar-refractivity contribution >= 4 is 33.2 Å². The van der Waals surface area contributed by atoms with Crippen molar-refractivity contribution in [3.63, 3.8) is 0 Å². The molecule has 3 rings (SSSR count). The normalized spacial score (nSPS) is 22.3. The molecule has 0 radical (unpaired) electrons. The number of likely N-dealkylation sites (N-methyl/N-ethyl adjacent to an activating group) is 1. The molecule has 1 unspecified atom stereocenters. The van der Waals surface area contributed by atoms with E-state index >= 15 is 0 Å². The molecule has 1 aromatic rings. The zero-order valence-electron chi connectivity index (χ0n) is 16.9. The summed E-state index contributed by atoms with van der Waals surface area (Å²) >= 11 is 1.20. The number of thiophene rings is 1. The van der Waals surface area contributed by atoms with Gasteiger partial charge in [-0.05, 0) is 44.1 Å². The van der Waals surface area contributed by atoms with Crippen LogP contribution in [0.4, 0.5) is 0 Å². The highest BCUT2D eigenvalue weighted by Crippen LogP contribution is 2.45. The molecule has 0 aromatic carbocycles. The number of methoxy groups -OCH3 is 1. The number of carbonyl (C=O) groups excluding carboxylic acids is 2. The fourth-order valence-electron chi connectivity index (χ4n) is 4.27. The van der Waals surface area contributed by atoms with Gasteiger partial charge in [0.1, 0.15) is 10.3 Å². The van der Waals surface area contributed by atoms with Crippen LogP contribution in [0.15, 0.2) is 21.7 Å². The Morgan fingerprint density at radius 1 is 1.38 bits per heavy atom. The molecule has 2 aliphatic rings. The number of ether oxygens (including phenoxy) is 1. The average Bonchev–Trinajstić information content (AvgIpc) is 3.34. The highest BCUT2D eigenvalue weighted by Gasteiger charge is 2.54. The van der Waals surface area contributed by atoms with E-state index in [1.54, 1.807) is 29.5 Å². The quantitative estimate of drug-likeness (QED) is 0.611. The van der Waals surface area contributed by atoms with Crippen molar-refractivity contribution in [2.45, 2.75) is 42.9 Å². The summed E-state index contributed by atoms with van der Waals surface area (Å²) in [6.07, 6.45) is 2.05. The first-order valence-corrected chi connectivity index (χ1v) is 12.3. The number of nitrogens with zero attached hydrogens (tertiary/aromatic N) is 2. The molecule has 1 aromatic heterocycles. The minimum atomic E-state index is -3.51. The lowest BCUT2D eigenvalue weighted by molar-refractivity contribution is -0.140. The highest BCUT2D eigenvalue weighted by molar-refractivity contribution is 7.91. The molecule has 0 aliphatic carbocycles. The molecule has 29 heavy (non-hydrogen) atoms. The van der Waals surface area contributed by atoms with Gasteiger partial charge in [-0.2, -0.15) is 4.31 Å². The van der Waals surface area contributed by atoms with Crippen LogP contribution < -0.4 is 5.32 Å². The van der Waals surface area contributed by atoms with Crippen molar-refractivity contribution in [1.82, 2.24) is 14.5 Å². The first kappa shape index (κ1) is 22.2. The van der Waals surface area contributed by atoms with E-state index in [1.165, 1.54) is 15.6 Å². The molecule has 2 saturated heterocycles. The Kier molecular flexibility index (Phi) is 6.98. The maximum absolute atomic E-state index is 13.1. The Morgan fingerprint density at radius 3 is 2.69 bits per heavy atom. The fraction of sp³-hybridized carbons (Fsp3) is 0.684. The molecule has 3 heterocycles. The van der Waals surface area contributed by atoms with Gasteiger partial charge in [-0.25, -0.2) is 8.42 Å². The summed E-state index contributed by atoms with van der Waals surface area (Å²) in [6, 6.07) is 2.84. The van der Waals surface area contributed by atoms with E-state index in [9.17, 15) is 18.0 Å². The van der Waals surface area contributed by atoms with E-state index in [1.807, 2.05) is 6.92 Å². The van der Waals surface area contributed by atoms with Gasteiger partial charge in [0.15, 0.2) is 0 Å². The largest absolute Gasteiger partial charge is 0.385 e. The van der Waals surface area contributed by atoms with Crippen LogP contribution in [-0.2, 0) is 24.3 Å². The molecular weight excluding hydrogens is 414 g/mol. The second kappa shape index (κ2) is 9.11. The van der Waals surface area contributed by atoms with Crippen LogP contribution >= 0.6 is 11.3 Å². The number of likely N-dealkylation sites (tertiary alicyclic amines) is 1. The van der Waals surface area contributed by atoms with Gasteiger partial charge in [-0.1, -0.05) is 6.07 Å². The van der Waals surface area contributed by atoms with Crippen LogP contribution in [0.25, 0.3) is 0 Å². The minimum absolute atomic E-state index is 0.0230. The predicted molar refractivity (Wildman–Crippen MR) is 110 cm³/mol. The van der Waals surface area contributed by atoms with Gasteiger partial charge in [-0.15, -0.1) is 11.3 Å². The Morgan fingerprint density at radius 2 is 2.10 bits per heavy atom. The van der Waals surface area contributed by atoms with Gasteiger partial charge in [0, 0.05) is 39.9 Å². The molecule has 2 amide bonds. The van der Waals surface area contributed by atoms with Crippen molar-refractivity contribution in [2.24, 2.45) is 5.41 Å². The minimum Gasteiger partial charge on any atom is -0.385 e. The fourth-order valence-corrected chi connectivity index (χ4v) is 6.85. The highest BCUT2D eigenvalue weighted by atomic mass is 32.2. The predicted octanol–water partition coefficient (Wildman–Crippen LogP) is 1.29. The third-order valence-corrected chi connectivity index (χ3v) is 9.18.